The molecule has 1 spiro atoms. The van der Waals surface area contributed by atoms with Gasteiger partial charge in [0.15, 0.2) is 0 Å². The summed E-state index contributed by atoms with van der Waals surface area (Å²) in [6.07, 6.45) is 8.70. The van der Waals surface area contributed by atoms with E-state index >= 15 is 0 Å². The third-order valence-electron chi connectivity index (χ3n) is 8.84. The Hall–Kier alpha value is -3.48. The van der Waals surface area contributed by atoms with Crippen LogP contribution in [0.3, 0.4) is 0 Å². The molecular formula is C30H33N5O2. The van der Waals surface area contributed by atoms with Gasteiger partial charge < -0.3 is 4.90 Å². The van der Waals surface area contributed by atoms with E-state index in [1.54, 1.807) is 0 Å². The molecule has 2 aliphatic heterocycles. The van der Waals surface area contributed by atoms with Crippen LogP contribution in [0.1, 0.15) is 50.5 Å². The summed E-state index contributed by atoms with van der Waals surface area (Å²) in [5.41, 5.74) is 3.78. The van der Waals surface area contributed by atoms with E-state index in [9.17, 15) is 9.59 Å². The molecule has 7 nitrogen and oxygen atoms in total. The molecule has 0 unspecified atom stereocenters. The van der Waals surface area contributed by atoms with Gasteiger partial charge in [0.25, 0.3) is 5.91 Å². The van der Waals surface area contributed by atoms with Crippen LogP contribution in [0.25, 0.3) is 22.0 Å². The summed E-state index contributed by atoms with van der Waals surface area (Å²) in [5.74, 6) is 1.85. The minimum absolute atomic E-state index is 0.165. The standard InChI is InChI=1S/C30H33N5O2/c1-33-26-16-24(10-11-25(26)17-31-33)21-4-6-22(7-5-21)27-32-30(13-2-3-14-30)29(37)35(27)19-20-12-15-34(18-20)28(36)23-8-9-23/h4-7,10-11,16-17,20,23H,2-3,8-9,12-15,18-19H2,1H3/t20-/m1/s1. The molecule has 190 valence electrons. The third kappa shape index (κ3) is 3.87. The molecule has 7 heteroatoms. The lowest BCUT2D eigenvalue weighted by atomic mass is 9.97. The van der Waals surface area contributed by atoms with E-state index in [0.29, 0.717) is 18.4 Å². The number of aromatic nitrogens is 2. The van der Waals surface area contributed by atoms with Crippen molar-refractivity contribution < 1.29 is 9.59 Å². The average Bonchev–Trinajstić information content (AvgIpc) is 3.22. The number of benzene rings is 2. The average molecular weight is 496 g/mol. The first-order valence-electron chi connectivity index (χ1n) is 13.7. The second kappa shape index (κ2) is 8.54. The zero-order valence-electron chi connectivity index (χ0n) is 21.4. The molecule has 2 amide bonds. The van der Waals surface area contributed by atoms with Crippen molar-refractivity contribution in [1.82, 2.24) is 19.6 Å². The highest BCUT2D eigenvalue weighted by Crippen LogP contribution is 2.41. The molecule has 3 aromatic rings. The highest BCUT2D eigenvalue weighted by molar-refractivity contribution is 6.15. The lowest BCUT2D eigenvalue weighted by Crippen LogP contribution is -2.44. The molecule has 3 heterocycles. The molecule has 1 atom stereocenters. The number of hydrogen-bond donors (Lipinski definition) is 0. The van der Waals surface area contributed by atoms with E-state index in [1.807, 2.05) is 27.7 Å². The Bertz CT molecular complexity index is 1410. The molecule has 2 aliphatic carbocycles. The molecule has 2 aromatic carbocycles. The molecule has 0 radical (unpaired) electrons. The quantitative estimate of drug-likeness (QED) is 0.527. The molecule has 37 heavy (non-hydrogen) atoms. The van der Waals surface area contributed by atoms with Crippen LogP contribution >= 0.6 is 0 Å². The fourth-order valence-corrected chi connectivity index (χ4v) is 6.50. The van der Waals surface area contributed by atoms with Gasteiger partial charge in [-0.15, -0.1) is 0 Å². The van der Waals surface area contributed by atoms with E-state index in [0.717, 1.165) is 91.5 Å². The number of fused-ring (bicyclic) bond motifs is 1. The maximum Gasteiger partial charge on any atom is 0.256 e. The summed E-state index contributed by atoms with van der Waals surface area (Å²) in [7, 11) is 1.96. The Morgan fingerprint density at radius 3 is 2.49 bits per heavy atom. The zero-order chi connectivity index (χ0) is 25.1. The summed E-state index contributed by atoms with van der Waals surface area (Å²) in [6.45, 7) is 2.22. The third-order valence-corrected chi connectivity index (χ3v) is 8.84. The number of carbonyl (C=O) groups excluding carboxylic acids is 2. The minimum atomic E-state index is -0.583. The van der Waals surface area contributed by atoms with E-state index in [2.05, 4.69) is 47.6 Å². The van der Waals surface area contributed by atoms with Crippen molar-refractivity contribution in [2.75, 3.05) is 19.6 Å². The van der Waals surface area contributed by atoms with Gasteiger partial charge in [0.2, 0.25) is 5.91 Å². The summed E-state index contributed by atoms with van der Waals surface area (Å²) in [5, 5.41) is 5.49. The number of rotatable bonds is 5. The summed E-state index contributed by atoms with van der Waals surface area (Å²) in [6, 6.07) is 14.9. The molecule has 4 aliphatic rings. The first-order valence-corrected chi connectivity index (χ1v) is 13.7. The molecule has 1 saturated heterocycles. The summed E-state index contributed by atoms with van der Waals surface area (Å²) in [4.78, 5) is 35.5. The van der Waals surface area contributed by atoms with E-state index in [1.165, 1.54) is 0 Å². The molecular weight excluding hydrogens is 462 g/mol. The monoisotopic (exact) mass is 495 g/mol. The lowest BCUT2D eigenvalue weighted by molar-refractivity contribution is -0.131. The highest BCUT2D eigenvalue weighted by atomic mass is 16.2. The van der Waals surface area contributed by atoms with Gasteiger partial charge in [0, 0.05) is 43.5 Å². The Morgan fingerprint density at radius 2 is 1.73 bits per heavy atom. The Kier molecular flexibility index (Phi) is 5.24. The number of likely N-dealkylation sites (tertiary alicyclic amines) is 1. The van der Waals surface area contributed by atoms with Crippen LogP contribution in [0, 0.1) is 11.8 Å². The Morgan fingerprint density at radius 1 is 1.00 bits per heavy atom. The number of aliphatic imine (C=N–C) groups is 1. The number of amides is 2. The van der Waals surface area contributed by atoms with Gasteiger partial charge >= 0.3 is 0 Å². The predicted octanol–water partition coefficient (Wildman–Crippen LogP) is 4.40. The molecule has 7 rings (SSSR count). The maximum atomic E-state index is 13.8. The largest absolute Gasteiger partial charge is 0.342 e. The number of nitrogens with zero attached hydrogens (tertiary/aromatic N) is 5. The second-order valence-corrected chi connectivity index (χ2v) is 11.4. The SMILES string of the molecule is Cn1ncc2ccc(-c3ccc(C4=NC5(CCCC5)C(=O)N4C[C@@H]4CCN(C(=O)C5CC5)C4)cc3)cc21. The molecule has 3 fully saturated rings. The van der Waals surface area contributed by atoms with E-state index in [-0.39, 0.29) is 11.8 Å². The van der Waals surface area contributed by atoms with Gasteiger partial charge in [-0.2, -0.15) is 5.10 Å². The van der Waals surface area contributed by atoms with Crippen molar-refractivity contribution in [3.05, 3.63) is 54.2 Å². The van der Waals surface area contributed by atoms with Gasteiger partial charge in [0.1, 0.15) is 11.4 Å². The summed E-state index contributed by atoms with van der Waals surface area (Å²) < 4.78 is 1.90. The molecule has 2 saturated carbocycles. The number of amidine groups is 1. The first kappa shape index (κ1) is 22.7. The number of aryl methyl sites for hydroxylation is 1. The van der Waals surface area contributed by atoms with Crippen LogP contribution in [0.15, 0.2) is 53.7 Å². The predicted molar refractivity (Wildman–Crippen MR) is 143 cm³/mol. The lowest BCUT2D eigenvalue weighted by Gasteiger charge is -2.25. The fourth-order valence-electron chi connectivity index (χ4n) is 6.50. The highest BCUT2D eigenvalue weighted by Gasteiger charge is 2.50. The fraction of sp³-hybridized carbons (Fsp3) is 0.467. The maximum absolute atomic E-state index is 13.8. The van der Waals surface area contributed by atoms with E-state index < -0.39 is 5.54 Å². The van der Waals surface area contributed by atoms with Crippen LogP contribution in [-0.2, 0) is 16.6 Å². The van der Waals surface area contributed by atoms with Crippen LogP contribution in [0.5, 0.6) is 0 Å². The van der Waals surface area contributed by atoms with Gasteiger partial charge in [-0.25, -0.2) is 0 Å². The molecule has 0 N–H and O–H groups in total. The van der Waals surface area contributed by atoms with Gasteiger partial charge in [-0.3, -0.25) is 24.2 Å². The van der Waals surface area contributed by atoms with Gasteiger partial charge in [-0.05, 0) is 55.2 Å². The normalized spacial score (nSPS) is 23.0. The number of carbonyl (C=O) groups is 2. The van der Waals surface area contributed by atoms with Crippen molar-refractivity contribution in [3.63, 3.8) is 0 Å². The van der Waals surface area contributed by atoms with Crippen LogP contribution < -0.4 is 0 Å². The molecule has 1 aromatic heterocycles. The van der Waals surface area contributed by atoms with Gasteiger partial charge in [-0.1, -0.05) is 49.2 Å². The van der Waals surface area contributed by atoms with Crippen LogP contribution in [0.2, 0.25) is 0 Å². The van der Waals surface area contributed by atoms with Crippen molar-refractivity contribution in [2.45, 2.75) is 50.5 Å². The Labute approximate surface area is 217 Å². The van der Waals surface area contributed by atoms with Crippen LogP contribution in [-0.4, -0.2) is 62.4 Å². The summed E-state index contributed by atoms with van der Waals surface area (Å²) >= 11 is 0. The minimum Gasteiger partial charge on any atom is -0.342 e. The van der Waals surface area contributed by atoms with Crippen molar-refractivity contribution in [3.8, 4) is 11.1 Å². The van der Waals surface area contributed by atoms with E-state index in [4.69, 9.17) is 4.99 Å². The van der Waals surface area contributed by atoms with Crippen molar-refractivity contribution >= 4 is 28.6 Å². The van der Waals surface area contributed by atoms with Crippen molar-refractivity contribution in [2.24, 2.45) is 23.9 Å². The second-order valence-electron chi connectivity index (χ2n) is 11.4. The smallest absolute Gasteiger partial charge is 0.256 e. The topological polar surface area (TPSA) is 70.8 Å². The molecule has 0 bridgehead atoms. The van der Waals surface area contributed by atoms with Crippen LogP contribution in [0.4, 0.5) is 0 Å². The zero-order valence-corrected chi connectivity index (χ0v) is 21.4. The number of hydrogen-bond acceptors (Lipinski definition) is 4. The van der Waals surface area contributed by atoms with Crippen molar-refractivity contribution in [1.29, 1.82) is 0 Å². The van der Waals surface area contributed by atoms with Gasteiger partial charge in [0.05, 0.1) is 11.7 Å². The Balaban J connectivity index is 1.15. The first-order chi connectivity index (χ1) is 18.0.